The van der Waals surface area contributed by atoms with Gasteiger partial charge in [-0.25, -0.2) is 4.79 Å². The second kappa shape index (κ2) is 9.85. The Balaban J connectivity index is 0.000000322. The van der Waals surface area contributed by atoms with Crippen LogP contribution in [0.5, 0.6) is 0 Å². The molecule has 0 radical (unpaired) electrons. The van der Waals surface area contributed by atoms with Crippen molar-refractivity contribution < 1.29 is 14.0 Å². The molecule has 1 atom stereocenters. The van der Waals surface area contributed by atoms with E-state index in [9.17, 15) is 4.79 Å². The Bertz CT molecular complexity index is 550. The molecule has 0 N–H and O–H groups in total. The molecule has 1 heterocycles. The van der Waals surface area contributed by atoms with E-state index in [4.69, 9.17) is 4.43 Å². The number of rotatable bonds is 3. The van der Waals surface area contributed by atoms with Gasteiger partial charge in [-0.1, -0.05) is 23.9 Å². The summed E-state index contributed by atoms with van der Waals surface area (Å²) in [6.45, 7) is 15.5. The van der Waals surface area contributed by atoms with E-state index in [0.717, 1.165) is 12.7 Å². The Morgan fingerprint density at radius 1 is 1.35 bits per heavy atom. The van der Waals surface area contributed by atoms with Crippen LogP contribution < -0.4 is 5.19 Å². The summed E-state index contributed by atoms with van der Waals surface area (Å²) in [5.74, 6) is -0.359. The molecule has 1 fully saturated rings. The van der Waals surface area contributed by atoms with Crippen LogP contribution in [0.3, 0.4) is 0 Å². The van der Waals surface area contributed by atoms with Crippen LogP contribution >= 0.6 is 0 Å². The molecule has 3 nitrogen and oxygen atoms in total. The molecule has 5 heteroatoms. The molecule has 1 unspecified atom stereocenters. The summed E-state index contributed by atoms with van der Waals surface area (Å²) in [4.78, 5) is 10.1. The SMILES string of the molecule is C=CC(=O)OCC.Cc1cc([SiH]2CCCO[SiH2]2)c(C)c(C)c1C. The first-order valence-electron chi connectivity index (χ1n) is 8.36. The first kappa shape index (κ1) is 19.9. The van der Waals surface area contributed by atoms with Crippen molar-refractivity contribution in [3.05, 3.63) is 41.0 Å². The van der Waals surface area contributed by atoms with Gasteiger partial charge in [0, 0.05) is 12.7 Å². The molecule has 1 aromatic rings. The molecule has 0 spiro atoms. The van der Waals surface area contributed by atoms with E-state index in [1.165, 1.54) is 29.2 Å². The van der Waals surface area contributed by atoms with Crippen molar-refractivity contribution in [3.63, 3.8) is 0 Å². The van der Waals surface area contributed by atoms with E-state index < -0.39 is 8.31 Å². The summed E-state index contributed by atoms with van der Waals surface area (Å²) in [6.07, 6.45) is 2.44. The van der Waals surface area contributed by atoms with E-state index in [1.807, 2.05) is 0 Å². The van der Waals surface area contributed by atoms with Gasteiger partial charge in [-0.05, 0) is 63.3 Å². The number of aryl methyl sites for hydroxylation is 1. The van der Waals surface area contributed by atoms with Crippen LogP contribution in [0.4, 0.5) is 0 Å². The minimum absolute atomic E-state index is 0.203. The molecule has 2 rings (SSSR count). The monoisotopic (exact) mass is 350 g/mol. The fourth-order valence-electron chi connectivity index (χ4n) is 2.85. The second-order valence-electron chi connectivity index (χ2n) is 6.03. The summed E-state index contributed by atoms with van der Waals surface area (Å²) in [6, 6.07) is 3.95. The van der Waals surface area contributed by atoms with Crippen LogP contribution in [0, 0.1) is 27.7 Å². The summed E-state index contributed by atoms with van der Waals surface area (Å²) in [7, 11) is -0.886. The molecule has 0 aliphatic carbocycles. The van der Waals surface area contributed by atoms with Gasteiger partial charge in [-0.15, -0.1) is 0 Å². The zero-order valence-electron chi connectivity index (χ0n) is 15.2. The lowest BCUT2D eigenvalue weighted by molar-refractivity contribution is -0.137. The van der Waals surface area contributed by atoms with Gasteiger partial charge >= 0.3 is 5.97 Å². The number of hydrogen-bond acceptors (Lipinski definition) is 3. The number of esters is 1. The minimum Gasteiger partial charge on any atom is -0.463 e. The molecule has 0 bridgehead atoms. The zero-order chi connectivity index (χ0) is 17.4. The number of benzene rings is 1. The van der Waals surface area contributed by atoms with Gasteiger partial charge in [-0.2, -0.15) is 0 Å². The lowest BCUT2D eigenvalue weighted by Crippen LogP contribution is -2.43. The fourth-order valence-corrected chi connectivity index (χ4v) is 10.7. The molecule has 0 saturated carbocycles. The van der Waals surface area contributed by atoms with Crippen molar-refractivity contribution >= 4 is 28.8 Å². The summed E-state index contributed by atoms with van der Waals surface area (Å²) in [5.41, 5.74) is 6.04. The van der Waals surface area contributed by atoms with E-state index in [1.54, 1.807) is 17.7 Å². The average molecular weight is 351 g/mol. The Morgan fingerprint density at radius 2 is 2.04 bits per heavy atom. The van der Waals surface area contributed by atoms with Gasteiger partial charge in [0.05, 0.1) is 14.9 Å². The molecule has 1 aromatic carbocycles. The highest BCUT2D eigenvalue weighted by Crippen LogP contribution is 2.17. The van der Waals surface area contributed by atoms with Crippen molar-refractivity contribution in [2.24, 2.45) is 0 Å². The maximum Gasteiger partial charge on any atom is 0.330 e. The molecular formula is C18H30O3Si2. The standard InChI is InChI=1S/C13H22OSi2.C5H8O2/c1-9-8-13(12(4)11(3)10(9)2)16-7-5-6-14-15-16;1-3-5(6)7-4-2/h8,16H,5-7,15H2,1-4H3;3H,1,4H2,2H3. The summed E-state index contributed by atoms with van der Waals surface area (Å²) < 4.78 is 10.2. The van der Waals surface area contributed by atoms with Crippen molar-refractivity contribution in [2.75, 3.05) is 13.2 Å². The van der Waals surface area contributed by atoms with Crippen LogP contribution in [0.15, 0.2) is 18.7 Å². The van der Waals surface area contributed by atoms with Crippen molar-refractivity contribution in [1.29, 1.82) is 0 Å². The highest BCUT2D eigenvalue weighted by atomic mass is 29.2. The summed E-state index contributed by atoms with van der Waals surface area (Å²) in [5, 5.41) is 1.71. The van der Waals surface area contributed by atoms with E-state index in [0.29, 0.717) is 6.61 Å². The van der Waals surface area contributed by atoms with Crippen molar-refractivity contribution in [1.82, 2.24) is 0 Å². The quantitative estimate of drug-likeness (QED) is 0.476. The topological polar surface area (TPSA) is 35.5 Å². The van der Waals surface area contributed by atoms with Crippen LogP contribution in [0.25, 0.3) is 0 Å². The van der Waals surface area contributed by atoms with Crippen molar-refractivity contribution in [3.8, 4) is 0 Å². The predicted molar refractivity (Wildman–Crippen MR) is 103 cm³/mol. The van der Waals surface area contributed by atoms with Crippen LogP contribution in [0.2, 0.25) is 6.04 Å². The molecule has 1 aliphatic rings. The Kier molecular flexibility index (Phi) is 8.51. The second-order valence-corrected chi connectivity index (χ2v) is 13.3. The first-order valence-corrected chi connectivity index (χ1v) is 13.6. The lowest BCUT2D eigenvalue weighted by Gasteiger charge is -2.24. The third-order valence-electron chi connectivity index (χ3n) is 4.57. The Hall–Kier alpha value is -1.18. The average Bonchev–Trinajstić information content (AvgIpc) is 2.57. The van der Waals surface area contributed by atoms with Crippen LogP contribution in [-0.4, -0.2) is 36.8 Å². The highest BCUT2D eigenvalue weighted by molar-refractivity contribution is 7.17. The largest absolute Gasteiger partial charge is 0.463 e. The van der Waals surface area contributed by atoms with E-state index >= 15 is 0 Å². The zero-order valence-corrected chi connectivity index (χ0v) is 17.8. The van der Waals surface area contributed by atoms with Gasteiger partial charge in [0.2, 0.25) is 0 Å². The normalized spacial score (nSPS) is 18.0. The first-order chi connectivity index (χ1) is 10.9. The molecule has 1 saturated heterocycles. The van der Waals surface area contributed by atoms with Crippen molar-refractivity contribution in [2.45, 2.75) is 47.1 Å². The molecule has 128 valence electrons. The molecular weight excluding hydrogens is 320 g/mol. The van der Waals surface area contributed by atoms with Gasteiger partial charge in [0.25, 0.3) is 0 Å². The van der Waals surface area contributed by atoms with Gasteiger partial charge in [0.15, 0.2) is 9.28 Å². The smallest absolute Gasteiger partial charge is 0.330 e. The minimum atomic E-state index is -0.684. The molecule has 1 aliphatic heterocycles. The van der Waals surface area contributed by atoms with Gasteiger partial charge in [-0.3, -0.25) is 0 Å². The van der Waals surface area contributed by atoms with Gasteiger partial charge < -0.3 is 9.16 Å². The van der Waals surface area contributed by atoms with E-state index in [2.05, 4.69) is 45.1 Å². The maximum atomic E-state index is 10.1. The van der Waals surface area contributed by atoms with Crippen LogP contribution in [-0.2, 0) is 14.0 Å². The third kappa shape index (κ3) is 5.75. The van der Waals surface area contributed by atoms with Gasteiger partial charge in [0.1, 0.15) is 0 Å². The number of ether oxygens (including phenoxy) is 1. The highest BCUT2D eigenvalue weighted by Gasteiger charge is 2.21. The predicted octanol–water partition coefficient (Wildman–Crippen LogP) is 2.09. The molecule has 23 heavy (non-hydrogen) atoms. The summed E-state index contributed by atoms with van der Waals surface area (Å²) >= 11 is 0. The number of hydrogen-bond donors (Lipinski definition) is 0. The number of carbonyl (C=O) groups excluding carboxylic acids is 1. The Morgan fingerprint density at radius 3 is 2.52 bits per heavy atom. The fraction of sp³-hybridized carbons (Fsp3) is 0.500. The molecule has 0 amide bonds. The van der Waals surface area contributed by atoms with Crippen LogP contribution in [0.1, 0.15) is 35.6 Å². The number of carbonyl (C=O) groups is 1. The lowest BCUT2D eigenvalue weighted by atomic mass is 10.00. The molecule has 0 aromatic heterocycles. The Labute approximate surface area is 144 Å². The third-order valence-corrected chi connectivity index (χ3v) is 12.5. The van der Waals surface area contributed by atoms with E-state index in [-0.39, 0.29) is 15.2 Å². The maximum absolute atomic E-state index is 10.1.